The number of carbonyl (C=O) groups is 1. The summed E-state index contributed by atoms with van der Waals surface area (Å²) < 4.78 is 24.5. The molecule has 19 heavy (non-hydrogen) atoms. The molecule has 0 aromatic heterocycles. The molecule has 3 heteroatoms. The maximum absolute atomic E-state index is 12.2. The minimum absolute atomic E-state index is 0.0255. The first-order valence-corrected chi connectivity index (χ1v) is 6.87. The Labute approximate surface area is 116 Å². The molecule has 1 aromatic carbocycles. The van der Waals surface area contributed by atoms with Crippen LogP contribution in [0.3, 0.4) is 0 Å². The van der Waals surface area contributed by atoms with Crippen LogP contribution >= 0.6 is 0 Å². The molecule has 0 aliphatic heterocycles. The van der Waals surface area contributed by atoms with Gasteiger partial charge in [-0.25, -0.2) is 8.78 Å². The summed E-state index contributed by atoms with van der Waals surface area (Å²) in [5.41, 5.74) is 1.52. The Morgan fingerprint density at radius 1 is 1.16 bits per heavy atom. The first-order chi connectivity index (χ1) is 9.06. The molecule has 0 saturated carbocycles. The first-order valence-electron chi connectivity index (χ1n) is 6.87. The normalized spacial score (nSPS) is 9.05. The summed E-state index contributed by atoms with van der Waals surface area (Å²) in [5.74, 6) is 0. The standard InChI is InChI=1S/C10H10F2O.C4H10.C2H6/c1-7-2-3-9(10(11)12)6-8(7)4-5-13;1-3-4-2;1-2/h2-3,5-6,10H,4H2,1H3;3-4H2,1-2H3;1-2H3. The number of hydrogen-bond donors (Lipinski definition) is 0. The Morgan fingerprint density at radius 3 is 2.05 bits per heavy atom. The highest BCUT2D eigenvalue weighted by Crippen LogP contribution is 2.21. The van der Waals surface area contributed by atoms with Gasteiger partial charge in [-0.3, -0.25) is 0 Å². The zero-order valence-corrected chi connectivity index (χ0v) is 12.7. The molecular weight excluding hydrogens is 246 g/mol. The second-order valence-corrected chi connectivity index (χ2v) is 3.86. The van der Waals surface area contributed by atoms with Gasteiger partial charge in [-0.2, -0.15) is 0 Å². The smallest absolute Gasteiger partial charge is 0.263 e. The summed E-state index contributed by atoms with van der Waals surface area (Å²) in [5, 5.41) is 0. The van der Waals surface area contributed by atoms with Gasteiger partial charge in [0.2, 0.25) is 0 Å². The van der Waals surface area contributed by atoms with E-state index in [2.05, 4.69) is 13.8 Å². The second kappa shape index (κ2) is 13.2. The van der Waals surface area contributed by atoms with E-state index < -0.39 is 6.43 Å². The van der Waals surface area contributed by atoms with Crippen LogP contribution in [0.1, 0.15) is 63.7 Å². The fraction of sp³-hybridized carbons (Fsp3) is 0.562. The maximum Gasteiger partial charge on any atom is 0.263 e. The van der Waals surface area contributed by atoms with Crippen molar-refractivity contribution in [1.29, 1.82) is 0 Å². The van der Waals surface area contributed by atoms with Crippen LogP contribution in [0.25, 0.3) is 0 Å². The van der Waals surface area contributed by atoms with Gasteiger partial charge in [0.25, 0.3) is 6.43 Å². The quantitative estimate of drug-likeness (QED) is 0.661. The van der Waals surface area contributed by atoms with E-state index in [9.17, 15) is 13.6 Å². The van der Waals surface area contributed by atoms with Crippen LogP contribution in [0, 0.1) is 6.92 Å². The number of halogens is 2. The lowest BCUT2D eigenvalue weighted by molar-refractivity contribution is -0.107. The van der Waals surface area contributed by atoms with Gasteiger partial charge in [-0.05, 0) is 24.1 Å². The van der Waals surface area contributed by atoms with Crippen molar-refractivity contribution >= 4 is 6.29 Å². The Balaban J connectivity index is 0. The van der Waals surface area contributed by atoms with Gasteiger partial charge in [-0.15, -0.1) is 0 Å². The van der Waals surface area contributed by atoms with E-state index in [-0.39, 0.29) is 12.0 Å². The van der Waals surface area contributed by atoms with Crippen LogP contribution < -0.4 is 0 Å². The topological polar surface area (TPSA) is 17.1 Å². The minimum atomic E-state index is -2.47. The van der Waals surface area contributed by atoms with E-state index in [1.807, 2.05) is 13.8 Å². The summed E-state index contributed by atoms with van der Waals surface area (Å²) in [6.45, 7) is 10.2. The molecule has 1 aromatic rings. The van der Waals surface area contributed by atoms with Crippen molar-refractivity contribution in [3.8, 4) is 0 Å². The van der Waals surface area contributed by atoms with Crippen LogP contribution in [-0.2, 0) is 11.2 Å². The number of aldehydes is 1. The minimum Gasteiger partial charge on any atom is -0.303 e. The van der Waals surface area contributed by atoms with Crippen molar-refractivity contribution in [1.82, 2.24) is 0 Å². The lowest BCUT2D eigenvalue weighted by Crippen LogP contribution is -1.93. The molecule has 0 saturated heterocycles. The summed E-state index contributed by atoms with van der Waals surface area (Å²) >= 11 is 0. The van der Waals surface area contributed by atoms with Crippen molar-refractivity contribution in [2.24, 2.45) is 0 Å². The molecule has 1 nitrogen and oxygen atoms in total. The molecular formula is C16H26F2O. The molecule has 0 aliphatic carbocycles. The van der Waals surface area contributed by atoms with E-state index >= 15 is 0 Å². The summed E-state index contributed by atoms with van der Waals surface area (Å²) in [6.07, 6.45) is 1.09. The molecule has 0 unspecified atom stereocenters. The molecule has 0 fully saturated rings. The Bertz CT molecular complexity index is 334. The van der Waals surface area contributed by atoms with Gasteiger partial charge >= 0.3 is 0 Å². The lowest BCUT2D eigenvalue weighted by atomic mass is 10.0. The monoisotopic (exact) mass is 272 g/mol. The highest BCUT2D eigenvalue weighted by atomic mass is 19.3. The maximum atomic E-state index is 12.2. The lowest BCUT2D eigenvalue weighted by Gasteiger charge is -2.05. The number of carbonyl (C=O) groups excluding carboxylic acids is 1. The molecule has 110 valence electrons. The summed E-state index contributed by atoms with van der Waals surface area (Å²) in [4.78, 5) is 10.2. The van der Waals surface area contributed by atoms with E-state index in [4.69, 9.17) is 0 Å². The number of aryl methyl sites for hydroxylation is 1. The third kappa shape index (κ3) is 9.34. The van der Waals surface area contributed by atoms with Gasteiger partial charge in [0.15, 0.2) is 0 Å². The van der Waals surface area contributed by atoms with Crippen LogP contribution in [0.15, 0.2) is 18.2 Å². The fourth-order valence-electron chi connectivity index (χ4n) is 1.14. The average molecular weight is 272 g/mol. The fourth-order valence-corrected chi connectivity index (χ4v) is 1.14. The van der Waals surface area contributed by atoms with E-state index in [1.54, 1.807) is 13.0 Å². The molecule has 0 atom stereocenters. The predicted octanol–water partition coefficient (Wildman–Crippen LogP) is 5.51. The highest BCUT2D eigenvalue weighted by Gasteiger charge is 2.08. The molecule has 0 radical (unpaired) electrons. The van der Waals surface area contributed by atoms with E-state index in [0.29, 0.717) is 5.56 Å². The molecule has 0 bridgehead atoms. The third-order valence-electron chi connectivity index (χ3n) is 2.43. The largest absolute Gasteiger partial charge is 0.303 e. The van der Waals surface area contributed by atoms with Crippen LogP contribution in [0.4, 0.5) is 8.78 Å². The Hall–Kier alpha value is -1.25. The number of hydrogen-bond acceptors (Lipinski definition) is 1. The molecule has 0 heterocycles. The number of alkyl halides is 2. The van der Waals surface area contributed by atoms with Gasteiger partial charge in [0.1, 0.15) is 6.29 Å². The Kier molecular flexibility index (Phi) is 13.9. The summed E-state index contributed by atoms with van der Waals surface area (Å²) in [7, 11) is 0. The van der Waals surface area contributed by atoms with Crippen molar-refractivity contribution < 1.29 is 13.6 Å². The van der Waals surface area contributed by atoms with E-state index in [1.165, 1.54) is 25.0 Å². The molecule has 1 rings (SSSR count). The van der Waals surface area contributed by atoms with Crippen LogP contribution in [0.5, 0.6) is 0 Å². The third-order valence-corrected chi connectivity index (χ3v) is 2.43. The van der Waals surface area contributed by atoms with Gasteiger partial charge in [0.05, 0.1) is 0 Å². The molecule has 0 spiro atoms. The predicted molar refractivity (Wildman–Crippen MR) is 77.8 cm³/mol. The number of benzene rings is 1. The van der Waals surface area contributed by atoms with Crippen LogP contribution in [-0.4, -0.2) is 6.29 Å². The Morgan fingerprint density at radius 2 is 1.68 bits per heavy atom. The molecule has 0 N–H and O–H groups in total. The SMILES string of the molecule is CC.CCCC.Cc1ccc(C(F)F)cc1CC=O. The molecule has 0 amide bonds. The van der Waals surface area contributed by atoms with Crippen molar-refractivity contribution in [3.05, 3.63) is 34.9 Å². The van der Waals surface area contributed by atoms with Crippen LogP contribution in [0.2, 0.25) is 0 Å². The molecule has 0 aliphatic rings. The zero-order chi connectivity index (χ0) is 15.3. The van der Waals surface area contributed by atoms with Crippen molar-refractivity contribution in [2.75, 3.05) is 0 Å². The summed E-state index contributed by atoms with van der Waals surface area (Å²) in [6, 6.07) is 4.38. The zero-order valence-electron chi connectivity index (χ0n) is 12.7. The number of rotatable bonds is 4. The van der Waals surface area contributed by atoms with Gasteiger partial charge in [0, 0.05) is 12.0 Å². The van der Waals surface area contributed by atoms with Gasteiger partial charge in [-0.1, -0.05) is 52.7 Å². The van der Waals surface area contributed by atoms with Crippen molar-refractivity contribution in [2.45, 2.75) is 60.3 Å². The highest BCUT2D eigenvalue weighted by molar-refractivity contribution is 5.56. The second-order valence-electron chi connectivity index (χ2n) is 3.86. The van der Waals surface area contributed by atoms with Gasteiger partial charge < -0.3 is 4.79 Å². The average Bonchev–Trinajstić information content (AvgIpc) is 2.44. The van der Waals surface area contributed by atoms with Crippen molar-refractivity contribution in [3.63, 3.8) is 0 Å². The number of unbranched alkanes of at least 4 members (excludes halogenated alkanes) is 1. The van der Waals surface area contributed by atoms with E-state index in [0.717, 1.165) is 11.8 Å². The first kappa shape index (κ1) is 20.1.